The summed E-state index contributed by atoms with van der Waals surface area (Å²) in [4.78, 5) is 0. The van der Waals surface area contributed by atoms with Crippen LogP contribution in [0.4, 0.5) is 0 Å². The quantitative estimate of drug-likeness (QED) is 0.421. The molecule has 0 radical (unpaired) electrons. The predicted octanol–water partition coefficient (Wildman–Crippen LogP) is 3.73. The zero-order chi connectivity index (χ0) is 8.53. The van der Waals surface area contributed by atoms with Crippen LogP contribution in [0.5, 0.6) is 0 Å². The first kappa shape index (κ1) is 19.2. The standard InChI is InChI=1S/C7H7.C4H9.HI.Mg/c1-7-5-3-2-4-6-7;1-3-4-2;;/h2-6H,1H2;1,3-4H2,2H3;1H;/q2*-1;;+2. The van der Waals surface area contributed by atoms with Gasteiger partial charge in [0, 0.05) is 0 Å². The van der Waals surface area contributed by atoms with Gasteiger partial charge in [0.2, 0.25) is 0 Å². The van der Waals surface area contributed by atoms with Gasteiger partial charge in [0.1, 0.15) is 0 Å². The van der Waals surface area contributed by atoms with Crippen LogP contribution in [0.25, 0.3) is 0 Å². The van der Waals surface area contributed by atoms with E-state index in [1.54, 1.807) is 0 Å². The minimum Gasteiger partial charge on any atom is -0.343 e. The van der Waals surface area contributed by atoms with Crippen LogP contribution in [-0.2, 0) is 0 Å². The van der Waals surface area contributed by atoms with Gasteiger partial charge in [0.25, 0.3) is 0 Å². The van der Waals surface area contributed by atoms with Crippen molar-refractivity contribution in [3.05, 3.63) is 49.7 Å². The summed E-state index contributed by atoms with van der Waals surface area (Å²) in [6.07, 6.45) is 2.28. The largest absolute Gasteiger partial charge is 2.00 e. The molecule has 0 saturated heterocycles. The van der Waals surface area contributed by atoms with Crippen molar-refractivity contribution in [3.63, 3.8) is 0 Å². The molecule has 0 nitrogen and oxygen atoms in total. The summed E-state index contributed by atoms with van der Waals surface area (Å²) in [5, 5.41) is 0. The molecule has 0 aliphatic rings. The fraction of sp³-hybridized carbons (Fsp3) is 0.273. The topological polar surface area (TPSA) is 0 Å². The Morgan fingerprint density at radius 2 is 1.54 bits per heavy atom. The SMILES string of the molecule is I.[CH2-]CCC.[CH2-]c1ccccc1.[Mg+2]. The number of hydrogen-bond acceptors (Lipinski definition) is 0. The molecule has 1 rings (SSSR count). The summed E-state index contributed by atoms with van der Waals surface area (Å²) >= 11 is 0. The van der Waals surface area contributed by atoms with E-state index in [1.165, 1.54) is 6.42 Å². The number of benzene rings is 1. The molecule has 0 saturated carbocycles. The molecule has 2 heteroatoms. The van der Waals surface area contributed by atoms with E-state index >= 15 is 0 Å². The van der Waals surface area contributed by atoms with E-state index in [0.717, 1.165) is 12.0 Å². The Balaban J connectivity index is -0.000000150. The molecule has 1 aromatic carbocycles. The maximum atomic E-state index is 3.72. The van der Waals surface area contributed by atoms with Crippen molar-refractivity contribution in [3.8, 4) is 0 Å². The average molecular weight is 300 g/mol. The molecule has 0 aliphatic heterocycles. The zero-order valence-electron chi connectivity index (χ0n) is 8.33. The van der Waals surface area contributed by atoms with Crippen molar-refractivity contribution >= 4 is 47.0 Å². The maximum absolute atomic E-state index is 3.72. The van der Waals surface area contributed by atoms with E-state index in [1.807, 2.05) is 30.3 Å². The number of unbranched alkanes of at least 4 members (excludes halogenated alkanes) is 1. The van der Waals surface area contributed by atoms with Gasteiger partial charge in [0.05, 0.1) is 0 Å². The number of halogens is 1. The van der Waals surface area contributed by atoms with Gasteiger partial charge in [-0.2, -0.15) is 31.0 Å². The molecule has 1 aromatic rings. The van der Waals surface area contributed by atoms with Gasteiger partial charge in [0.15, 0.2) is 0 Å². The van der Waals surface area contributed by atoms with E-state index in [-0.39, 0.29) is 47.0 Å². The Bertz CT molecular complexity index is 161. The molecule has 0 aromatic heterocycles. The number of rotatable bonds is 1. The second-order valence-electron chi connectivity index (χ2n) is 2.34. The van der Waals surface area contributed by atoms with E-state index in [2.05, 4.69) is 20.8 Å². The molecule has 0 atom stereocenters. The fourth-order valence-corrected chi connectivity index (χ4v) is 0.478. The van der Waals surface area contributed by atoms with Crippen LogP contribution in [0.2, 0.25) is 0 Å². The third-order valence-electron chi connectivity index (χ3n) is 1.20. The van der Waals surface area contributed by atoms with Gasteiger partial charge in [-0.15, -0.1) is 36.1 Å². The van der Waals surface area contributed by atoms with E-state index < -0.39 is 0 Å². The molecule has 0 N–H and O–H groups in total. The first-order valence-electron chi connectivity index (χ1n) is 3.97. The van der Waals surface area contributed by atoms with Gasteiger partial charge in [-0.05, 0) is 0 Å². The Morgan fingerprint density at radius 3 is 1.69 bits per heavy atom. The van der Waals surface area contributed by atoms with E-state index in [9.17, 15) is 0 Å². The zero-order valence-corrected chi connectivity index (χ0v) is 12.1. The minimum absolute atomic E-state index is 0. The molecule has 13 heavy (non-hydrogen) atoms. The second kappa shape index (κ2) is 15.1. The van der Waals surface area contributed by atoms with Crippen molar-refractivity contribution in [2.24, 2.45) is 0 Å². The third-order valence-corrected chi connectivity index (χ3v) is 1.20. The second-order valence-corrected chi connectivity index (χ2v) is 2.34. The fourth-order valence-electron chi connectivity index (χ4n) is 0.478. The molecule has 0 aliphatic carbocycles. The summed E-state index contributed by atoms with van der Waals surface area (Å²) < 4.78 is 0. The van der Waals surface area contributed by atoms with Crippen molar-refractivity contribution < 1.29 is 0 Å². The molecule has 0 bridgehead atoms. The van der Waals surface area contributed by atoms with Crippen molar-refractivity contribution in [1.82, 2.24) is 0 Å². The molecule has 0 fully saturated rings. The van der Waals surface area contributed by atoms with Crippen LogP contribution in [0.3, 0.4) is 0 Å². The Labute approximate surface area is 116 Å². The summed E-state index contributed by atoms with van der Waals surface area (Å²) in [5.74, 6) is 0. The van der Waals surface area contributed by atoms with Gasteiger partial charge in [-0.3, -0.25) is 0 Å². The Hall–Kier alpha value is 0.586. The summed E-state index contributed by atoms with van der Waals surface area (Å²) in [6.45, 7) is 9.44. The maximum Gasteiger partial charge on any atom is 2.00 e. The van der Waals surface area contributed by atoms with Crippen molar-refractivity contribution in [2.75, 3.05) is 0 Å². The Kier molecular flexibility index (Phi) is 22.3. The van der Waals surface area contributed by atoms with Crippen molar-refractivity contribution in [2.45, 2.75) is 19.8 Å². The van der Waals surface area contributed by atoms with Crippen LogP contribution in [0.1, 0.15) is 25.3 Å². The van der Waals surface area contributed by atoms with Crippen LogP contribution in [0.15, 0.2) is 30.3 Å². The monoisotopic (exact) mass is 300 g/mol. The molecular weight excluding hydrogens is 283 g/mol. The van der Waals surface area contributed by atoms with Crippen LogP contribution >= 0.6 is 24.0 Å². The van der Waals surface area contributed by atoms with Crippen molar-refractivity contribution in [1.29, 1.82) is 0 Å². The summed E-state index contributed by atoms with van der Waals surface area (Å²) in [7, 11) is 0. The van der Waals surface area contributed by atoms with Crippen LogP contribution < -0.4 is 0 Å². The molecular formula is C11H17IMg. The molecule has 0 amide bonds. The van der Waals surface area contributed by atoms with E-state index in [0.29, 0.717) is 0 Å². The first-order chi connectivity index (χ1) is 5.31. The summed E-state index contributed by atoms with van der Waals surface area (Å²) in [5.41, 5.74) is 1.07. The number of hydrogen-bond donors (Lipinski definition) is 0. The molecule has 0 spiro atoms. The minimum atomic E-state index is 0. The van der Waals surface area contributed by atoms with Crippen LogP contribution in [0, 0.1) is 13.8 Å². The molecule has 70 valence electrons. The molecule has 0 heterocycles. The van der Waals surface area contributed by atoms with E-state index in [4.69, 9.17) is 0 Å². The predicted molar refractivity (Wildman–Crippen MR) is 72.3 cm³/mol. The molecule has 0 unspecified atom stereocenters. The normalized spacial score (nSPS) is 6.92. The van der Waals surface area contributed by atoms with Crippen LogP contribution in [-0.4, -0.2) is 23.1 Å². The van der Waals surface area contributed by atoms with Gasteiger partial charge in [-0.25, -0.2) is 0 Å². The van der Waals surface area contributed by atoms with Gasteiger partial charge < -0.3 is 6.92 Å². The van der Waals surface area contributed by atoms with Gasteiger partial charge in [-0.1, -0.05) is 19.4 Å². The smallest absolute Gasteiger partial charge is 0.343 e. The van der Waals surface area contributed by atoms with Gasteiger partial charge >= 0.3 is 23.1 Å². The summed E-state index contributed by atoms with van der Waals surface area (Å²) in [6, 6.07) is 9.87. The average Bonchev–Trinajstić information content (AvgIpc) is 2.07. The third kappa shape index (κ3) is 15.3. The first-order valence-corrected chi connectivity index (χ1v) is 3.97. The Morgan fingerprint density at radius 1 is 1.15 bits per heavy atom.